The zero-order valence-electron chi connectivity index (χ0n) is 17.1. The second-order valence-corrected chi connectivity index (χ2v) is 7.45. The SMILES string of the molecule is COC(=O)C1CCN(C(=O)/C=C/c2cc(C)n(-c3ccc(C)cc3)c2C)CC1. The molecular weight excluding hydrogens is 352 g/mol. The van der Waals surface area contributed by atoms with Crippen LogP contribution in [0.5, 0.6) is 0 Å². The summed E-state index contributed by atoms with van der Waals surface area (Å²) in [5, 5.41) is 0. The van der Waals surface area contributed by atoms with Crippen LogP contribution in [0.3, 0.4) is 0 Å². The Kier molecular flexibility index (Phi) is 6.02. The van der Waals surface area contributed by atoms with Crippen molar-refractivity contribution in [2.24, 2.45) is 5.92 Å². The highest BCUT2D eigenvalue weighted by Crippen LogP contribution is 2.23. The molecule has 0 N–H and O–H groups in total. The molecule has 0 radical (unpaired) electrons. The summed E-state index contributed by atoms with van der Waals surface area (Å²) in [6.07, 6.45) is 4.85. The first-order chi connectivity index (χ1) is 13.4. The number of esters is 1. The Bertz CT molecular complexity index is 885. The van der Waals surface area contributed by atoms with E-state index in [2.05, 4.69) is 55.7 Å². The fraction of sp³-hybridized carbons (Fsp3) is 0.391. The van der Waals surface area contributed by atoms with Crippen molar-refractivity contribution in [3.8, 4) is 5.69 Å². The number of rotatable bonds is 4. The van der Waals surface area contributed by atoms with Crippen LogP contribution in [0.1, 0.15) is 35.4 Å². The summed E-state index contributed by atoms with van der Waals surface area (Å²) in [4.78, 5) is 26.0. The molecule has 1 amide bonds. The quantitative estimate of drug-likeness (QED) is 0.598. The van der Waals surface area contributed by atoms with E-state index in [9.17, 15) is 9.59 Å². The highest BCUT2D eigenvalue weighted by molar-refractivity contribution is 5.92. The summed E-state index contributed by atoms with van der Waals surface area (Å²) in [6, 6.07) is 10.5. The van der Waals surface area contributed by atoms with Gasteiger partial charge in [-0.05, 0) is 63.5 Å². The van der Waals surface area contributed by atoms with Gasteiger partial charge in [-0.25, -0.2) is 0 Å². The summed E-state index contributed by atoms with van der Waals surface area (Å²) < 4.78 is 7.00. The molecule has 28 heavy (non-hydrogen) atoms. The number of likely N-dealkylation sites (tertiary alicyclic amines) is 1. The van der Waals surface area contributed by atoms with Crippen molar-refractivity contribution in [2.45, 2.75) is 33.6 Å². The van der Waals surface area contributed by atoms with Gasteiger partial charge >= 0.3 is 5.97 Å². The average Bonchev–Trinajstić information content (AvgIpc) is 2.99. The number of benzene rings is 1. The van der Waals surface area contributed by atoms with E-state index in [4.69, 9.17) is 4.74 Å². The van der Waals surface area contributed by atoms with Crippen molar-refractivity contribution in [3.05, 3.63) is 58.9 Å². The molecule has 1 aliphatic rings. The lowest BCUT2D eigenvalue weighted by molar-refractivity contribution is -0.148. The summed E-state index contributed by atoms with van der Waals surface area (Å²) in [6.45, 7) is 7.39. The Balaban J connectivity index is 1.69. The van der Waals surface area contributed by atoms with Gasteiger partial charge < -0.3 is 14.2 Å². The highest BCUT2D eigenvalue weighted by Gasteiger charge is 2.27. The van der Waals surface area contributed by atoms with E-state index < -0.39 is 0 Å². The minimum Gasteiger partial charge on any atom is -0.469 e. The van der Waals surface area contributed by atoms with Gasteiger partial charge in [0.25, 0.3) is 0 Å². The van der Waals surface area contributed by atoms with Gasteiger partial charge in [0.1, 0.15) is 0 Å². The van der Waals surface area contributed by atoms with Crippen molar-refractivity contribution < 1.29 is 14.3 Å². The van der Waals surface area contributed by atoms with Gasteiger partial charge in [0.2, 0.25) is 5.91 Å². The normalized spacial score (nSPS) is 15.2. The van der Waals surface area contributed by atoms with Crippen molar-refractivity contribution >= 4 is 18.0 Å². The van der Waals surface area contributed by atoms with Crippen LogP contribution < -0.4 is 0 Å². The third kappa shape index (κ3) is 4.19. The fourth-order valence-electron chi connectivity index (χ4n) is 3.82. The predicted octanol–water partition coefficient (Wildman–Crippen LogP) is 3.83. The number of carbonyl (C=O) groups is 2. The van der Waals surface area contributed by atoms with Crippen molar-refractivity contribution in [1.29, 1.82) is 0 Å². The monoisotopic (exact) mass is 380 g/mol. The Hall–Kier alpha value is -2.82. The van der Waals surface area contributed by atoms with Crippen molar-refractivity contribution in [3.63, 3.8) is 0 Å². The number of hydrogen-bond acceptors (Lipinski definition) is 3. The lowest BCUT2D eigenvalue weighted by atomic mass is 9.97. The molecule has 0 aliphatic carbocycles. The molecule has 1 fully saturated rings. The minimum atomic E-state index is -0.175. The molecular formula is C23H28N2O3. The van der Waals surface area contributed by atoms with Gasteiger partial charge in [0.05, 0.1) is 13.0 Å². The van der Waals surface area contributed by atoms with Gasteiger partial charge in [0, 0.05) is 36.2 Å². The Morgan fingerprint density at radius 1 is 1.07 bits per heavy atom. The van der Waals surface area contributed by atoms with Gasteiger partial charge in [0.15, 0.2) is 0 Å². The third-order valence-corrected chi connectivity index (χ3v) is 5.51. The summed E-state index contributed by atoms with van der Waals surface area (Å²) in [5.41, 5.74) is 5.63. The lowest BCUT2D eigenvalue weighted by Gasteiger charge is -2.29. The van der Waals surface area contributed by atoms with Crippen molar-refractivity contribution in [1.82, 2.24) is 9.47 Å². The van der Waals surface area contributed by atoms with E-state index in [0.29, 0.717) is 25.9 Å². The fourth-order valence-corrected chi connectivity index (χ4v) is 3.82. The first kappa shape index (κ1) is 19.9. The molecule has 148 valence electrons. The number of aromatic nitrogens is 1. The molecule has 1 aliphatic heterocycles. The maximum absolute atomic E-state index is 12.5. The van der Waals surface area contributed by atoms with Gasteiger partial charge in [-0.2, -0.15) is 0 Å². The molecule has 0 atom stereocenters. The molecule has 0 unspecified atom stereocenters. The first-order valence-electron chi connectivity index (χ1n) is 9.71. The van der Waals surface area contributed by atoms with Crippen LogP contribution in [0.15, 0.2) is 36.4 Å². The summed E-state index contributed by atoms with van der Waals surface area (Å²) in [7, 11) is 1.41. The Labute approximate surface area is 166 Å². The second kappa shape index (κ2) is 8.46. The zero-order chi connectivity index (χ0) is 20.3. The smallest absolute Gasteiger partial charge is 0.308 e. The largest absolute Gasteiger partial charge is 0.469 e. The van der Waals surface area contributed by atoms with Crippen LogP contribution in [0.4, 0.5) is 0 Å². The lowest BCUT2D eigenvalue weighted by Crippen LogP contribution is -2.39. The molecule has 0 spiro atoms. The van der Waals surface area contributed by atoms with Gasteiger partial charge in [-0.3, -0.25) is 9.59 Å². The van der Waals surface area contributed by atoms with E-state index in [-0.39, 0.29) is 17.8 Å². The Morgan fingerprint density at radius 3 is 2.32 bits per heavy atom. The van der Waals surface area contributed by atoms with E-state index in [1.165, 1.54) is 12.7 Å². The van der Waals surface area contributed by atoms with Gasteiger partial charge in [-0.1, -0.05) is 17.7 Å². The third-order valence-electron chi connectivity index (χ3n) is 5.51. The minimum absolute atomic E-state index is 0.0107. The molecule has 5 heteroatoms. The van der Waals surface area contributed by atoms with Crippen LogP contribution in [0.25, 0.3) is 11.8 Å². The first-order valence-corrected chi connectivity index (χ1v) is 9.71. The molecule has 1 aromatic heterocycles. The molecule has 1 aromatic carbocycles. The van der Waals surface area contributed by atoms with Crippen LogP contribution in [0.2, 0.25) is 0 Å². The number of hydrogen-bond donors (Lipinski definition) is 0. The molecule has 0 saturated carbocycles. The maximum atomic E-state index is 12.5. The number of aryl methyl sites for hydroxylation is 2. The van der Waals surface area contributed by atoms with Crippen LogP contribution in [0, 0.1) is 26.7 Å². The van der Waals surface area contributed by atoms with E-state index in [1.54, 1.807) is 11.0 Å². The summed E-state index contributed by atoms with van der Waals surface area (Å²) >= 11 is 0. The van der Waals surface area contributed by atoms with Crippen LogP contribution in [-0.2, 0) is 14.3 Å². The number of ether oxygens (including phenoxy) is 1. The number of carbonyl (C=O) groups excluding carboxylic acids is 2. The highest BCUT2D eigenvalue weighted by atomic mass is 16.5. The average molecular weight is 380 g/mol. The molecule has 3 rings (SSSR count). The predicted molar refractivity (Wildman–Crippen MR) is 110 cm³/mol. The molecule has 2 aromatic rings. The number of amides is 1. The van der Waals surface area contributed by atoms with Gasteiger partial charge in [-0.15, -0.1) is 0 Å². The molecule has 5 nitrogen and oxygen atoms in total. The topological polar surface area (TPSA) is 51.5 Å². The molecule has 2 heterocycles. The van der Waals surface area contributed by atoms with E-state index in [1.807, 2.05) is 6.08 Å². The molecule has 0 bridgehead atoms. The maximum Gasteiger partial charge on any atom is 0.308 e. The van der Waals surface area contributed by atoms with Crippen LogP contribution >= 0.6 is 0 Å². The zero-order valence-corrected chi connectivity index (χ0v) is 17.1. The number of piperidine rings is 1. The second-order valence-electron chi connectivity index (χ2n) is 7.45. The Morgan fingerprint density at radius 2 is 1.71 bits per heavy atom. The number of methoxy groups -OCH3 is 1. The van der Waals surface area contributed by atoms with E-state index >= 15 is 0 Å². The van der Waals surface area contributed by atoms with Crippen molar-refractivity contribution in [2.75, 3.05) is 20.2 Å². The van der Waals surface area contributed by atoms with E-state index in [0.717, 1.165) is 22.6 Å². The molecule has 1 saturated heterocycles. The standard InChI is InChI=1S/C23H28N2O3/c1-16-5-8-21(9-6-16)25-17(2)15-20(18(25)3)7-10-22(26)24-13-11-19(12-14-24)23(27)28-4/h5-10,15,19H,11-14H2,1-4H3/b10-7+. The van der Waals surface area contributed by atoms with Crippen LogP contribution in [-0.4, -0.2) is 41.5 Å². The number of nitrogens with zero attached hydrogens (tertiary/aromatic N) is 2. The summed E-state index contributed by atoms with van der Waals surface area (Å²) in [5.74, 6) is -0.277.